The van der Waals surface area contributed by atoms with E-state index in [1.165, 1.54) is 0 Å². The first-order chi connectivity index (χ1) is 7.17. The first-order valence-electron chi connectivity index (χ1n) is 4.91. The molecule has 1 rings (SSSR count). The Kier molecular flexibility index (Phi) is 4.75. The lowest BCUT2D eigenvalue weighted by atomic mass is 10.0. The highest BCUT2D eigenvalue weighted by molar-refractivity contribution is 6.30. The van der Waals surface area contributed by atoms with Crippen LogP contribution in [0.2, 0.25) is 5.02 Å². The Morgan fingerprint density at radius 1 is 1.67 bits per heavy atom. The first-order valence-corrected chi connectivity index (χ1v) is 5.29. The summed E-state index contributed by atoms with van der Waals surface area (Å²) in [6.07, 6.45) is 3.36. The Morgan fingerprint density at radius 2 is 2.40 bits per heavy atom. The van der Waals surface area contributed by atoms with Crippen molar-refractivity contribution in [2.75, 3.05) is 0 Å². The van der Waals surface area contributed by atoms with E-state index in [4.69, 9.17) is 17.4 Å². The maximum atomic E-state index is 5.76. The van der Waals surface area contributed by atoms with Crippen LogP contribution in [0.15, 0.2) is 30.5 Å². The van der Waals surface area contributed by atoms with Gasteiger partial charge in [0.2, 0.25) is 0 Å². The number of nitrogens with two attached hydrogens (primary N) is 1. The van der Waals surface area contributed by atoms with Crippen LogP contribution in [0.1, 0.15) is 31.5 Å². The maximum Gasteiger partial charge on any atom is 0.0669 e. The topological polar surface area (TPSA) is 50.9 Å². The molecule has 0 aromatic carbocycles. The van der Waals surface area contributed by atoms with Crippen molar-refractivity contribution in [3.05, 3.63) is 41.2 Å². The van der Waals surface area contributed by atoms with Crippen LogP contribution in [0.4, 0.5) is 0 Å². The Hall–Kier alpha value is -0.900. The maximum absolute atomic E-state index is 5.76. The zero-order chi connectivity index (χ0) is 11.3. The van der Waals surface area contributed by atoms with E-state index >= 15 is 0 Å². The summed E-state index contributed by atoms with van der Waals surface area (Å²) in [5.41, 5.74) is 4.77. The molecule has 3 nitrogen and oxygen atoms in total. The second-order valence-corrected chi connectivity index (χ2v) is 3.86. The molecule has 0 aliphatic carbocycles. The molecule has 0 aliphatic rings. The summed E-state index contributed by atoms with van der Waals surface area (Å²) >= 11 is 5.76. The lowest BCUT2D eigenvalue weighted by Crippen LogP contribution is -2.28. The van der Waals surface area contributed by atoms with Crippen molar-refractivity contribution in [1.82, 2.24) is 10.4 Å². The molecule has 1 heterocycles. The van der Waals surface area contributed by atoms with Crippen LogP contribution in [0.5, 0.6) is 0 Å². The van der Waals surface area contributed by atoms with E-state index in [0.29, 0.717) is 5.02 Å². The molecule has 0 amide bonds. The van der Waals surface area contributed by atoms with Gasteiger partial charge in [0, 0.05) is 6.20 Å². The summed E-state index contributed by atoms with van der Waals surface area (Å²) in [6, 6.07) is 3.69. The fourth-order valence-electron chi connectivity index (χ4n) is 1.28. The average molecular weight is 226 g/mol. The lowest BCUT2D eigenvalue weighted by molar-refractivity contribution is 0.532. The Balaban J connectivity index is 2.74. The predicted molar refractivity (Wildman–Crippen MR) is 63.4 cm³/mol. The van der Waals surface area contributed by atoms with Gasteiger partial charge < -0.3 is 0 Å². The number of nitrogens with one attached hydrogen (secondary N) is 1. The van der Waals surface area contributed by atoms with Crippen LogP contribution >= 0.6 is 11.6 Å². The van der Waals surface area contributed by atoms with Crippen molar-refractivity contribution in [2.24, 2.45) is 5.84 Å². The predicted octanol–water partition coefficient (Wildman–Crippen LogP) is 2.60. The van der Waals surface area contributed by atoms with E-state index in [0.717, 1.165) is 24.1 Å². The van der Waals surface area contributed by atoms with E-state index < -0.39 is 0 Å². The van der Waals surface area contributed by atoms with Crippen LogP contribution in [0, 0.1) is 0 Å². The highest BCUT2D eigenvalue weighted by atomic mass is 35.5. The van der Waals surface area contributed by atoms with Crippen LogP contribution < -0.4 is 11.3 Å². The molecule has 1 aromatic heterocycles. The number of halogens is 1. The van der Waals surface area contributed by atoms with Gasteiger partial charge in [-0.1, -0.05) is 30.7 Å². The fraction of sp³-hybridized carbons (Fsp3) is 0.364. The molecule has 3 N–H and O–H groups in total. The Bertz CT molecular complexity index is 321. The highest BCUT2D eigenvalue weighted by Gasteiger charge is 2.11. The minimum Gasteiger partial charge on any atom is -0.271 e. The number of nitrogens with zero attached hydrogens (tertiary/aromatic N) is 1. The summed E-state index contributed by atoms with van der Waals surface area (Å²) in [5, 5.41) is 0.629. The molecule has 0 aliphatic heterocycles. The van der Waals surface area contributed by atoms with E-state index in [1.54, 1.807) is 6.20 Å². The molecule has 0 fully saturated rings. The fourth-order valence-corrected chi connectivity index (χ4v) is 1.39. The first kappa shape index (κ1) is 12.2. The molecule has 0 spiro atoms. The van der Waals surface area contributed by atoms with Gasteiger partial charge in [-0.05, 0) is 25.0 Å². The number of rotatable bonds is 5. The lowest BCUT2D eigenvalue weighted by Gasteiger charge is -2.16. The summed E-state index contributed by atoms with van der Waals surface area (Å²) in [7, 11) is 0. The zero-order valence-electron chi connectivity index (χ0n) is 8.83. The smallest absolute Gasteiger partial charge is 0.0669 e. The molecule has 0 radical (unpaired) electrons. The monoisotopic (exact) mass is 225 g/mol. The van der Waals surface area contributed by atoms with Crippen molar-refractivity contribution in [2.45, 2.75) is 25.8 Å². The largest absolute Gasteiger partial charge is 0.271 e. The number of hydrogen-bond donors (Lipinski definition) is 2. The van der Waals surface area contributed by atoms with Gasteiger partial charge in [-0.3, -0.25) is 16.3 Å². The van der Waals surface area contributed by atoms with Gasteiger partial charge in [0.05, 0.1) is 16.8 Å². The highest BCUT2D eigenvalue weighted by Crippen LogP contribution is 2.20. The third kappa shape index (κ3) is 3.63. The molecule has 1 aromatic rings. The Labute approximate surface area is 95.3 Å². The second-order valence-electron chi connectivity index (χ2n) is 3.43. The van der Waals surface area contributed by atoms with E-state index in [-0.39, 0.29) is 6.04 Å². The molecular weight excluding hydrogens is 210 g/mol. The van der Waals surface area contributed by atoms with Crippen LogP contribution in [0.25, 0.3) is 0 Å². The SMILES string of the molecule is C=C(CC)CC(NN)c1ccc(Cl)cn1. The zero-order valence-corrected chi connectivity index (χ0v) is 9.59. The van der Waals surface area contributed by atoms with Gasteiger partial charge in [-0.15, -0.1) is 0 Å². The summed E-state index contributed by atoms with van der Waals surface area (Å²) < 4.78 is 0. The summed E-state index contributed by atoms with van der Waals surface area (Å²) in [6.45, 7) is 6.03. The number of pyridine rings is 1. The third-order valence-electron chi connectivity index (χ3n) is 2.30. The quantitative estimate of drug-likeness (QED) is 0.460. The number of aromatic nitrogens is 1. The summed E-state index contributed by atoms with van der Waals surface area (Å²) in [5.74, 6) is 5.48. The molecule has 0 saturated carbocycles. The molecule has 15 heavy (non-hydrogen) atoms. The van der Waals surface area contributed by atoms with Crippen LogP contribution in [0.3, 0.4) is 0 Å². The van der Waals surface area contributed by atoms with E-state index in [2.05, 4.69) is 23.9 Å². The van der Waals surface area contributed by atoms with Crippen molar-refractivity contribution in [1.29, 1.82) is 0 Å². The molecular formula is C11H16ClN3. The molecule has 4 heteroatoms. The van der Waals surface area contributed by atoms with E-state index in [9.17, 15) is 0 Å². The van der Waals surface area contributed by atoms with Gasteiger partial charge in [0.15, 0.2) is 0 Å². The second kappa shape index (κ2) is 5.85. The normalized spacial score (nSPS) is 12.5. The average Bonchev–Trinajstić information content (AvgIpc) is 2.27. The standard InChI is InChI=1S/C11H16ClN3/c1-3-8(2)6-11(15-13)10-5-4-9(12)7-14-10/h4-5,7,11,15H,2-3,6,13H2,1H3. The van der Waals surface area contributed by atoms with Gasteiger partial charge in [0.1, 0.15) is 0 Å². The van der Waals surface area contributed by atoms with Gasteiger partial charge >= 0.3 is 0 Å². The van der Waals surface area contributed by atoms with Gasteiger partial charge in [-0.2, -0.15) is 0 Å². The van der Waals surface area contributed by atoms with Gasteiger partial charge in [-0.25, -0.2) is 0 Å². The number of hydrazine groups is 1. The minimum absolute atomic E-state index is 0.00900. The molecule has 0 bridgehead atoms. The number of hydrogen-bond acceptors (Lipinski definition) is 3. The summed E-state index contributed by atoms with van der Waals surface area (Å²) in [4.78, 5) is 4.22. The third-order valence-corrected chi connectivity index (χ3v) is 2.52. The van der Waals surface area contributed by atoms with Crippen molar-refractivity contribution < 1.29 is 0 Å². The van der Waals surface area contributed by atoms with E-state index in [1.807, 2.05) is 12.1 Å². The minimum atomic E-state index is 0.00900. The molecule has 1 atom stereocenters. The van der Waals surface area contributed by atoms with Crippen LogP contribution in [-0.2, 0) is 0 Å². The molecule has 0 saturated heterocycles. The van der Waals surface area contributed by atoms with Crippen molar-refractivity contribution in [3.8, 4) is 0 Å². The molecule has 82 valence electrons. The Morgan fingerprint density at radius 3 is 2.87 bits per heavy atom. The van der Waals surface area contributed by atoms with Crippen molar-refractivity contribution in [3.63, 3.8) is 0 Å². The van der Waals surface area contributed by atoms with Gasteiger partial charge in [0.25, 0.3) is 0 Å². The molecule has 1 unspecified atom stereocenters. The van der Waals surface area contributed by atoms with Crippen LogP contribution in [-0.4, -0.2) is 4.98 Å². The van der Waals surface area contributed by atoms with Crippen molar-refractivity contribution >= 4 is 11.6 Å².